The van der Waals surface area contributed by atoms with Crippen LogP contribution in [0.5, 0.6) is 0 Å². The summed E-state index contributed by atoms with van der Waals surface area (Å²) in [6.45, 7) is 14.5. The minimum atomic E-state index is 0.205. The summed E-state index contributed by atoms with van der Waals surface area (Å²) in [5.41, 5.74) is 1.39. The molecule has 0 fully saturated rings. The fraction of sp³-hybridized carbons (Fsp3) is 0.727. The summed E-state index contributed by atoms with van der Waals surface area (Å²) in [7, 11) is 0. The summed E-state index contributed by atoms with van der Waals surface area (Å²) in [5.74, 6) is 0. The molecular weight excluding hydrogens is 160 g/mol. The minimum Gasteiger partial charge on any atom is -0.282 e. The van der Waals surface area contributed by atoms with Crippen molar-refractivity contribution in [2.24, 2.45) is 0 Å². The molecule has 0 aliphatic carbocycles. The maximum Gasteiger partial charge on any atom is 0.0490 e. The Morgan fingerprint density at radius 2 is 1.54 bits per heavy atom. The molecule has 0 aliphatic heterocycles. The Morgan fingerprint density at radius 3 is 1.69 bits per heavy atom. The second-order valence-electron chi connectivity index (χ2n) is 3.22. The first kappa shape index (κ1) is 14.7. The van der Waals surface area contributed by atoms with E-state index in [2.05, 4.69) is 31.0 Å². The molecule has 78 valence electrons. The van der Waals surface area contributed by atoms with Crippen molar-refractivity contribution in [3.63, 3.8) is 0 Å². The van der Waals surface area contributed by atoms with E-state index in [0.29, 0.717) is 0 Å². The molecule has 1 rings (SSSR count). The largest absolute Gasteiger partial charge is 0.282 e. The summed E-state index contributed by atoms with van der Waals surface area (Å²) in [5, 5.41) is 6.79. The highest BCUT2D eigenvalue weighted by Crippen LogP contribution is 2.17. The summed E-state index contributed by atoms with van der Waals surface area (Å²) >= 11 is 0. The van der Waals surface area contributed by atoms with Crippen LogP contribution in [0.15, 0.2) is 12.3 Å². The molecule has 0 spiro atoms. The number of hydrogen-bond donors (Lipinski definition) is 1. The van der Waals surface area contributed by atoms with Crippen molar-refractivity contribution in [3.05, 3.63) is 18.0 Å². The Labute approximate surface area is 82.8 Å². The van der Waals surface area contributed by atoms with Crippen molar-refractivity contribution < 1.29 is 0 Å². The van der Waals surface area contributed by atoms with Crippen LogP contribution >= 0.6 is 0 Å². The van der Waals surface area contributed by atoms with Crippen LogP contribution in [0.4, 0.5) is 0 Å². The fourth-order valence-electron chi connectivity index (χ4n) is 0.674. The van der Waals surface area contributed by atoms with Gasteiger partial charge >= 0.3 is 0 Å². The van der Waals surface area contributed by atoms with E-state index in [4.69, 9.17) is 0 Å². The number of aromatic nitrogens is 2. The van der Waals surface area contributed by atoms with Crippen LogP contribution in [0.3, 0.4) is 0 Å². The van der Waals surface area contributed by atoms with Gasteiger partial charge in [-0.2, -0.15) is 5.10 Å². The molecule has 0 amide bonds. The van der Waals surface area contributed by atoms with Crippen LogP contribution in [-0.4, -0.2) is 10.2 Å². The molecule has 1 aromatic rings. The zero-order valence-electron chi connectivity index (χ0n) is 10.1. The minimum absolute atomic E-state index is 0.205. The molecule has 0 unspecified atom stereocenters. The molecule has 0 aliphatic rings. The van der Waals surface area contributed by atoms with E-state index in [9.17, 15) is 0 Å². The van der Waals surface area contributed by atoms with E-state index < -0.39 is 0 Å². The van der Waals surface area contributed by atoms with Crippen molar-refractivity contribution in [2.75, 3.05) is 0 Å². The third-order valence-electron chi connectivity index (χ3n) is 1.31. The smallest absolute Gasteiger partial charge is 0.0490 e. The lowest BCUT2D eigenvalue weighted by Crippen LogP contribution is -2.11. The molecule has 0 atom stereocenters. The molecule has 13 heavy (non-hydrogen) atoms. The van der Waals surface area contributed by atoms with Gasteiger partial charge in [0, 0.05) is 17.3 Å². The number of hydrogen-bond acceptors (Lipinski definition) is 1. The Morgan fingerprint density at radius 1 is 1.08 bits per heavy atom. The highest BCUT2D eigenvalue weighted by molar-refractivity contribution is 5.09. The second kappa shape index (κ2) is 7.84. The number of aromatic amines is 1. The number of rotatable bonds is 0. The highest BCUT2D eigenvalue weighted by atomic mass is 15.1. The van der Waals surface area contributed by atoms with Crippen LogP contribution in [0, 0.1) is 0 Å². The molecule has 0 saturated heterocycles. The van der Waals surface area contributed by atoms with E-state index in [1.807, 2.05) is 33.8 Å². The lowest BCUT2D eigenvalue weighted by Gasteiger charge is -2.14. The maximum atomic E-state index is 3.86. The SMILES string of the molecule is CC.CC.CC(C)(C)c1ccn[nH]1. The standard InChI is InChI=1S/C7H12N2.2C2H6/c1-7(2,3)6-4-5-8-9-6;2*1-2/h4-5H,1-3H3,(H,8,9);2*1-2H3. The van der Waals surface area contributed by atoms with Crippen molar-refractivity contribution in [1.82, 2.24) is 10.2 Å². The fourth-order valence-corrected chi connectivity index (χ4v) is 0.674. The van der Waals surface area contributed by atoms with Gasteiger partial charge < -0.3 is 0 Å². The zero-order valence-corrected chi connectivity index (χ0v) is 10.1. The van der Waals surface area contributed by atoms with Gasteiger partial charge in [-0.3, -0.25) is 5.10 Å². The molecule has 0 aromatic carbocycles. The predicted molar refractivity (Wildman–Crippen MR) is 60.0 cm³/mol. The van der Waals surface area contributed by atoms with Gasteiger partial charge in [-0.25, -0.2) is 0 Å². The average Bonchev–Trinajstić information content (AvgIpc) is 2.63. The van der Waals surface area contributed by atoms with Gasteiger partial charge in [-0.15, -0.1) is 0 Å². The Hall–Kier alpha value is -0.790. The van der Waals surface area contributed by atoms with E-state index in [-0.39, 0.29) is 5.41 Å². The van der Waals surface area contributed by atoms with Gasteiger partial charge in [-0.1, -0.05) is 48.5 Å². The van der Waals surface area contributed by atoms with Crippen molar-refractivity contribution in [3.8, 4) is 0 Å². The van der Waals surface area contributed by atoms with Crippen molar-refractivity contribution in [1.29, 1.82) is 0 Å². The summed E-state index contributed by atoms with van der Waals surface area (Å²) in [6, 6.07) is 2.00. The molecule has 2 heteroatoms. The normalized spacial score (nSPS) is 9.15. The first-order chi connectivity index (χ1) is 6.11. The molecule has 0 saturated carbocycles. The number of nitrogens with zero attached hydrogens (tertiary/aromatic N) is 1. The second-order valence-corrected chi connectivity index (χ2v) is 3.22. The molecule has 1 aromatic heterocycles. The van der Waals surface area contributed by atoms with Gasteiger partial charge in [0.05, 0.1) is 0 Å². The van der Waals surface area contributed by atoms with E-state index in [1.165, 1.54) is 5.69 Å². The monoisotopic (exact) mass is 184 g/mol. The van der Waals surface area contributed by atoms with Crippen LogP contribution in [0.1, 0.15) is 54.2 Å². The molecule has 0 radical (unpaired) electrons. The van der Waals surface area contributed by atoms with Crippen LogP contribution < -0.4 is 0 Å². The lowest BCUT2D eigenvalue weighted by atomic mass is 9.93. The van der Waals surface area contributed by atoms with Crippen molar-refractivity contribution >= 4 is 0 Å². The van der Waals surface area contributed by atoms with Crippen LogP contribution in [0.2, 0.25) is 0 Å². The van der Waals surface area contributed by atoms with E-state index in [0.717, 1.165) is 0 Å². The zero-order chi connectivity index (χ0) is 10.9. The quantitative estimate of drug-likeness (QED) is 0.653. The Kier molecular flexibility index (Phi) is 8.87. The van der Waals surface area contributed by atoms with Gasteiger partial charge in [-0.05, 0) is 6.07 Å². The predicted octanol–water partition coefficient (Wildman–Crippen LogP) is 3.76. The molecule has 1 heterocycles. The highest BCUT2D eigenvalue weighted by Gasteiger charge is 2.13. The van der Waals surface area contributed by atoms with Gasteiger partial charge in [0.2, 0.25) is 0 Å². The molecule has 1 N–H and O–H groups in total. The maximum absolute atomic E-state index is 3.86. The van der Waals surface area contributed by atoms with Gasteiger partial charge in [0.15, 0.2) is 0 Å². The average molecular weight is 184 g/mol. The molecule has 0 bridgehead atoms. The van der Waals surface area contributed by atoms with Crippen LogP contribution in [-0.2, 0) is 5.41 Å². The number of H-pyrrole nitrogens is 1. The molecular formula is C11H24N2. The van der Waals surface area contributed by atoms with Gasteiger partial charge in [0.1, 0.15) is 0 Å². The van der Waals surface area contributed by atoms with Crippen LogP contribution in [0.25, 0.3) is 0 Å². The first-order valence-electron chi connectivity index (χ1n) is 5.10. The number of nitrogens with one attached hydrogen (secondary N) is 1. The third-order valence-corrected chi connectivity index (χ3v) is 1.31. The first-order valence-corrected chi connectivity index (χ1v) is 5.10. The third kappa shape index (κ3) is 6.38. The summed E-state index contributed by atoms with van der Waals surface area (Å²) in [4.78, 5) is 0. The topological polar surface area (TPSA) is 28.7 Å². The Bertz CT molecular complexity index is 170. The van der Waals surface area contributed by atoms with E-state index in [1.54, 1.807) is 6.20 Å². The lowest BCUT2D eigenvalue weighted by molar-refractivity contribution is 0.567. The molecule has 2 nitrogen and oxygen atoms in total. The summed E-state index contributed by atoms with van der Waals surface area (Å²) in [6.07, 6.45) is 1.78. The van der Waals surface area contributed by atoms with Crippen molar-refractivity contribution in [2.45, 2.75) is 53.9 Å². The van der Waals surface area contributed by atoms with Gasteiger partial charge in [0.25, 0.3) is 0 Å². The van der Waals surface area contributed by atoms with E-state index >= 15 is 0 Å². The Balaban J connectivity index is 0. The summed E-state index contributed by atoms with van der Waals surface area (Å²) < 4.78 is 0.